The number of nitrogens with zero attached hydrogens (tertiary/aromatic N) is 1. The predicted octanol–water partition coefficient (Wildman–Crippen LogP) is 22.5. The monoisotopic (exact) mass is 991 g/mol. The van der Waals surface area contributed by atoms with Gasteiger partial charge in [0.25, 0.3) is 0 Å². The van der Waals surface area contributed by atoms with E-state index in [9.17, 15) is 0 Å². The number of aryl methyl sites for hydroxylation is 2. The van der Waals surface area contributed by atoms with Crippen LogP contribution in [0.2, 0.25) is 0 Å². The molecule has 414 valence electrons. The zero-order valence-electron chi connectivity index (χ0n) is 48.6. The molecule has 1 aromatic carbocycles. The van der Waals surface area contributed by atoms with Gasteiger partial charge < -0.3 is 14.2 Å². The lowest BCUT2D eigenvalue weighted by atomic mass is 10.0. The van der Waals surface area contributed by atoms with Gasteiger partial charge in [-0.15, -0.1) is 0 Å². The zero-order valence-corrected chi connectivity index (χ0v) is 48.6. The van der Waals surface area contributed by atoms with E-state index < -0.39 is 0 Å². The van der Waals surface area contributed by atoms with Crippen LogP contribution in [0.25, 0.3) is 0 Å². The second-order valence-electron chi connectivity index (χ2n) is 22.5. The van der Waals surface area contributed by atoms with Crippen molar-refractivity contribution in [1.29, 1.82) is 0 Å². The first-order valence-electron chi connectivity index (χ1n) is 32.2. The largest absolute Gasteiger partial charge is 0.490 e. The third kappa shape index (κ3) is 38.1. The lowest BCUT2D eigenvalue weighted by molar-refractivity contribution is 0.234. The molecule has 5 nitrogen and oxygen atoms in total. The van der Waals surface area contributed by atoms with E-state index >= 15 is 0 Å². The van der Waals surface area contributed by atoms with E-state index in [0.717, 1.165) is 67.5 Å². The van der Waals surface area contributed by atoms with E-state index in [0.29, 0.717) is 6.61 Å². The molecule has 0 atom stereocenters. The Balaban J connectivity index is 1.85. The molecule has 0 saturated carbocycles. The van der Waals surface area contributed by atoms with E-state index in [1.807, 2.05) is 0 Å². The molecule has 1 heterocycles. The Morgan fingerprint density at radius 3 is 0.803 bits per heavy atom. The average Bonchev–Trinajstić information content (AvgIpc) is 3.69. The molecule has 1 N–H and O–H groups in total. The van der Waals surface area contributed by atoms with Gasteiger partial charge in [0.05, 0.1) is 25.5 Å². The first kappa shape index (κ1) is 64.9. The summed E-state index contributed by atoms with van der Waals surface area (Å²) >= 11 is 0. The van der Waals surface area contributed by atoms with Crippen LogP contribution in [0.5, 0.6) is 17.2 Å². The number of hydrogen-bond donors (Lipinski definition) is 1. The lowest BCUT2D eigenvalue weighted by Crippen LogP contribution is -2.07. The Morgan fingerprint density at radius 1 is 0.324 bits per heavy atom. The van der Waals surface area contributed by atoms with Gasteiger partial charge in [0.2, 0.25) is 5.75 Å². The quantitative estimate of drug-likeness (QED) is 0.0671. The van der Waals surface area contributed by atoms with Crippen molar-refractivity contribution >= 4 is 0 Å². The fraction of sp³-hybridized carbons (Fsp3) is 0.864. The SMILES string of the molecule is CCCCCCCCCCCCCCCCCCOc1cc(Cc2c(C)n[nH]c2C)cc(OCCCCCCCCCCCCCCCCCC)c1OCCCCCCCCCCCCCCCCCC. The first-order chi connectivity index (χ1) is 35.1. The number of aromatic amines is 1. The Kier molecular flexibility index (Phi) is 45.7. The van der Waals surface area contributed by atoms with Crippen LogP contribution in [0.3, 0.4) is 0 Å². The third-order valence-electron chi connectivity index (χ3n) is 15.5. The van der Waals surface area contributed by atoms with Crippen molar-refractivity contribution in [2.75, 3.05) is 19.8 Å². The number of H-pyrrole nitrogens is 1. The number of hydrogen-bond acceptors (Lipinski definition) is 4. The number of nitrogens with one attached hydrogen (secondary N) is 1. The highest BCUT2D eigenvalue weighted by molar-refractivity contribution is 5.55. The van der Waals surface area contributed by atoms with Gasteiger partial charge in [-0.3, -0.25) is 5.10 Å². The van der Waals surface area contributed by atoms with Gasteiger partial charge in [0, 0.05) is 17.7 Å². The Bertz CT molecular complexity index is 1320. The van der Waals surface area contributed by atoms with Crippen molar-refractivity contribution in [1.82, 2.24) is 10.2 Å². The molecule has 0 fully saturated rings. The maximum atomic E-state index is 6.72. The standard InChI is InChI=1S/C66H122N2O3/c1-6-9-12-15-18-21-24-27-30-33-36-39-42-45-48-51-54-69-64-58-62(57-63-60(4)67-68-61(63)5)59-65(70-55-52-49-46-43-40-37-34-31-28-25-22-19-16-13-10-7-2)66(64)71-56-53-50-47-44-41-38-35-32-29-26-23-20-17-14-11-8-3/h58-59H,6-57H2,1-5H3,(H,67,68). The van der Waals surface area contributed by atoms with Crippen molar-refractivity contribution in [2.45, 2.75) is 349 Å². The van der Waals surface area contributed by atoms with Gasteiger partial charge in [-0.05, 0) is 50.8 Å². The third-order valence-corrected chi connectivity index (χ3v) is 15.5. The predicted molar refractivity (Wildman–Crippen MR) is 312 cm³/mol. The van der Waals surface area contributed by atoms with Gasteiger partial charge in [-0.2, -0.15) is 5.10 Å². The number of ether oxygens (including phenoxy) is 3. The molecule has 0 aliphatic carbocycles. The van der Waals surface area contributed by atoms with Gasteiger partial charge in [-0.1, -0.05) is 310 Å². The molecule has 2 rings (SSSR count). The molecule has 0 aliphatic heterocycles. The highest BCUT2D eigenvalue weighted by atomic mass is 16.5. The number of aromatic nitrogens is 2. The summed E-state index contributed by atoms with van der Waals surface area (Å²) < 4.78 is 20.1. The summed E-state index contributed by atoms with van der Waals surface area (Å²) in [5.74, 6) is 2.55. The van der Waals surface area contributed by atoms with Crippen LogP contribution in [-0.2, 0) is 6.42 Å². The van der Waals surface area contributed by atoms with Crippen LogP contribution >= 0.6 is 0 Å². The molecule has 0 saturated heterocycles. The maximum Gasteiger partial charge on any atom is 0.203 e. The van der Waals surface area contributed by atoms with Gasteiger partial charge in [0.1, 0.15) is 0 Å². The summed E-state index contributed by atoms with van der Waals surface area (Å²) in [7, 11) is 0. The van der Waals surface area contributed by atoms with Gasteiger partial charge in [-0.25, -0.2) is 0 Å². The van der Waals surface area contributed by atoms with Gasteiger partial charge >= 0.3 is 0 Å². The lowest BCUT2D eigenvalue weighted by Gasteiger charge is -2.19. The molecular weight excluding hydrogens is 869 g/mol. The number of benzene rings is 1. The summed E-state index contributed by atoms with van der Waals surface area (Å²) in [6.45, 7) is 13.3. The molecule has 0 unspecified atom stereocenters. The minimum Gasteiger partial charge on any atom is -0.490 e. The topological polar surface area (TPSA) is 56.4 Å². The average molecular weight is 992 g/mol. The summed E-state index contributed by atoms with van der Waals surface area (Å²) in [5.41, 5.74) is 4.67. The Morgan fingerprint density at radius 2 is 0.563 bits per heavy atom. The molecule has 2 aromatic rings. The molecule has 0 bridgehead atoms. The molecular formula is C66H122N2O3. The van der Waals surface area contributed by atoms with E-state index in [1.54, 1.807) is 0 Å². The highest BCUT2D eigenvalue weighted by Gasteiger charge is 2.18. The second-order valence-corrected chi connectivity index (χ2v) is 22.5. The van der Waals surface area contributed by atoms with Crippen LogP contribution in [0, 0.1) is 13.8 Å². The smallest absolute Gasteiger partial charge is 0.203 e. The van der Waals surface area contributed by atoms with E-state index in [4.69, 9.17) is 14.2 Å². The molecule has 0 radical (unpaired) electrons. The van der Waals surface area contributed by atoms with Crippen LogP contribution in [0.1, 0.15) is 351 Å². The first-order valence-corrected chi connectivity index (χ1v) is 32.2. The minimum absolute atomic E-state index is 0.711. The number of rotatable bonds is 56. The highest BCUT2D eigenvalue weighted by Crippen LogP contribution is 2.40. The fourth-order valence-corrected chi connectivity index (χ4v) is 10.6. The van der Waals surface area contributed by atoms with Gasteiger partial charge in [0.15, 0.2) is 11.5 Å². The van der Waals surface area contributed by atoms with Crippen molar-refractivity contribution in [3.8, 4) is 17.2 Å². The second kappa shape index (κ2) is 50.0. The molecule has 0 amide bonds. The van der Waals surface area contributed by atoms with E-state index in [-0.39, 0.29) is 0 Å². The summed E-state index contributed by atoms with van der Waals surface area (Å²) in [5, 5.41) is 7.73. The fourth-order valence-electron chi connectivity index (χ4n) is 10.6. The van der Waals surface area contributed by atoms with Crippen LogP contribution < -0.4 is 14.2 Å². The Labute approximate surface area is 443 Å². The molecule has 1 aromatic heterocycles. The van der Waals surface area contributed by atoms with Crippen LogP contribution in [0.4, 0.5) is 0 Å². The van der Waals surface area contributed by atoms with Crippen LogP contribution in [-0.4, -0.2) is 30.0 Å². The van der Waals surface area contributed by atoms with Crippen LogP contribution in [0.15, 0.2) is 12.1 Å². The molecule has 0 spiro atoms. The summed E-state index contributed by atoms with van der Waals surface area (Å²) in [6, 6.07) is 4.48. The summed E-state index contributed by atoms with van der Waals surface area (Å²) in [6.07, 6.45) is 66.8. The summed E-state index contributed by atoms with van der Waals surface area (Å²) in [4.78, 5) is 0. The van der Waals surface area contributed by atoms with E-state index in [1.165, 1.54) is 300 Å². The van der Waals surface area contributed by atoms with Crippen molar-refractivity contribution in [2.24, 2.45) is 0 Å². The minimum atomic E-state index is 0.711. The van der Waals surface area contributed by atoms with Crippen molar-refractivity contribution in [3.05, 3.63) is 34.6 Å². The van der Waals surface area contributed by atoms with Crippen molar-refractivity contribution < 1.29 is 14.2 Å². The maximum absolute atomic E-state index is 6.72. The molecule has 0 aliphatic rings. The zero-order chi connectivity index (χ0) is 50.8. The number of unbranched alkanes of at least 4 members (excludes halogenated alkanes) is 45. The Hall–Kier alpha value is -2.17. The van der Waals surface area contributed by atoms with E-state index in [2.05, 4.69) is 56.9 Å². The van der Waals surface area contributed by atoms with Crippen molar-refractivity contribution in [3.63, 3.8) is 0 Å². The molecule has 71 heavy (non-hydrogen) atoms. The normalized spacial score (nSPS) is 11.6. The molecule has 5 heteroatoms.